The quantitative estimate of drug-likeness (QED) is 0.163. The molecule has 0 saturated heterocycles. The fourth-order valence-electron chi connectivity index (χ4n) is 8.00. The number of aromatic nitrogens is 3. The highest BCUT2D eigenvalue weighted by atomic mass is 16.3. The Labute approximate surface area is 335 Å². The highest BCUT2D eigenvalue weighted by Crippen LogP contribution is 2.39. The summed E-state index contributed by atoms with van der Waals surface area (Å²) in [5.74, 6) is 0. The van der Waals surface area contributed by atoms with Gasteiger partial charge in [-0.3, -0.25) is 9.97 Å². The summed E-state index contributed by atoms with van der Waals surface area (Å²) in [5.41, 5.74) is 13.8. The second-order valence-corrected chi connectivity index (χ2v) is 14.5. The van der Waals surface area contributed by atoms with Gasteiger partial charge < -0.3 is 9.32 Å². The van der Waals surface area contributed by atoms with Gasteiger partial charge in [0, 0.05) is 56.1 Å². The third-order valence-corrected chi connectivity index (χ3v) is 11.0. The summed E-state index contributed by atoms with van der Waals surface area (Å²) < 4.78 is 6.05. The van der Waals surface area contributed by atoms with Crippen LogP contribution in [0.3, 0.4) is 0 Å². The lowest BCUT2D eigenvalue weighted by Gasteiger charge is -2.26. The Morgan fingerprint density at radius 3 is 1.76 bits per heavy atom. The van der Waals surface area contributed by atoms with Crippen LogP contribution in [-0.2, 0) is 0 Å². The van der Waals surface area contributed by atoms with Crippen molar-refractivity contribution < 1.29 is 4.42 Å². The minimum Gasteiger partial charge on any atom is -0.454 e. The maximum absolute atomic E-state index is 6.05. The number of furan rings is 1. The molecule has 0 aliphatic heterocycles. The molecule has 11 rings (SSSR count). The van der Waals surface area contributed by atoms with Crippen LogP contribution < -0.4 is 4.90 Å². The Morgan fingerprint density at radius 2 is 1.00 bits per heavy atom. The van der Waals surface area contributed by atoms with Gasteiger partial charge in [-0.2, -0.15) is 0 Å². The van der Waals surface area contributed by atoms with Gasteiger partial charge in [-0.1, -0.05) is 127 Å². The molecule has 0 atom stereocenters. The van der Waals surface area contributed by atoms with Gasteiger partial charge in [0.15, 0.2) is 5.58 Å². The smallest absolute Gasteiger partial charge is 0.153 e. The van der Waals surface area contributed by atoms with Crippen LogP contribution in [0.4, 0.5) is 17.1 Å². The van der Waals surface area contributed by atoms with E-state index >= 15 is 0 Å². The third kappa shape index (κ3) is 6.03. The van der Waals surface area contributed by atoms with Crippen LogP contribution in [-0.4, -0.2) is 15.0 Å². The van der Waals surface area contributed by atoms with Crippen molar-refractivity contribution in [1.29, 1.82) is 0 Å². The monoisotopic (exact) mass is 742 g/mol. The van der Waals surface area contributed by atoms with Gasteiger partial charge >= 0.3 is 0 Å². The van der Waals surface area contributed by atoms with E-state index in [1.807, 2.05) is 54.9 Å². The Kier molecular flexibility index (Phi) is 8.07. The molecular formula is C53H34N4O. The van der Waals surface area contributed by atoms with Crippen molar-refractivity contribution in [1.82, 2.24) is 15.0 Å². The molecule has 272 valence electrons. The zero-order chi connectivity index (χ0) is 38.4. The molecule has 0 N–H and O–H groups in total. The summed E-state index contributed by atoms with van der Waals surface area (Å²) in [6, 6.07) is 68.0. The van der Waals surface area contributed by atoms with Gasteiger partial charge in [-0.05, 0) is 88.6 Å². The van der Waals surface area contributed by atoms with Crippen LogP contribution in [0.15, 0.2) is 211 Å². The minimum absolute atomic E-state index is 0.787. The summed E-state index contributed by atoms with van der Waals surface area (Å²) in [6.45, 7) is 0. The van der Waals surface area contributed by atoms with Crippen molar-refractivity contribution in [2.24, 2.45) is 0 Å². The lowest BCUT2D eigenvalue weighted by molar-refractivity contribution is 0.667. The number of benzene rings is 7. The molecule has 0 saturated carbocycles. The Bertz CT molecular complexity index is 3260. The van der Waals surface area contributed by atoms with Crippen LogP contribution in [0.2, 0.25) is 0 Å². The number of rotatable bonds is 7. The van der Waals surface area contributed by atoms with Gasteiger partial charge in [0.05, 0.1) is 28.8 Å². The molecule has 0 amide bonds. The second-order valence-electron chi connectivity index (χ2n) is 14.5. The van der Waals surface area contributed by atoms with Crippen molar-refractivity contribution in [2.75, 3.05) is 4.90 Å². The van der Waals surface area contributed by atoms with E-state index in [1.165, 1.54) is 21.9 Å². The molecule has 4 aromatic heterocycles. The summed E-state index contributed by atoms with van der Waals surface area (Å²) in [4.78, 5) is 17.0. The van der Waals surface area contributed by atoms with Gasteiger partial charge in [0.25, 0.3) is 0 Å². The second kappa shape index (κ2) is 14.0. The largest absolute Gasteiger partial charge is 0.454 e. The minimum atomic E-state index is 0.787. The molecule has 0 fully saturated rings. The molecule has 0 aliphatic rings. The van der Waals surface area contributed by atoms with E-state index in [1.54, 1.807) is 0 Å². The van der Waals surface area contributed by atoms with E-state index in [9.17, 15) is 0 Å². The number of hydrogen-bond acceptors (Lipinski definition) is 5. The van der Waals surface area contributed by atoms with Crippen molar-refractivity contribution in [2.45, 2.75) is 0 Å². The number of nitrogens with zero attached hydrogens (tertiary/aromatic N) is 4. The van der Waals surface area contributed by atoms with Crippen LogP contribution in [0.25, 0.3) is 88.5 Å². The average Bonchev–Trinajstić information content (AvgIpc) is 3.68. The first-order valence-corrected chi connectivity index (χ1v) is 19.4. The standard InChI is InChI=1S/C53H34N4O/c1-2-10-39(11-3-1)53-52-42(13-8-30-54-52)32-49(56-53)38-22-28-45(29-23-38)57(43-24-18-36(19-25-43)41-17-16-35-9-4-5-12-40(35)31-41)44-26-20-37(21-27-44)48-33-47-46-14-6-7-15-50(46)58-51(47)34-55-48/h1-34H. The molecule has 11 aromatic rings. The lowest BCUT2D eigenvalue weighted by atomic mass is 10.0. The van der Waals surface area contributed by atoms with E-state index in [0.29, 0.717) is 0 Å². The Hall–Kier alpha value is -7.89. The summed E-state index contributed by atoms with van der Waals surface area (Å²) in [5, 5.41) is 5.67. The highest BCUT2D eigenvalue weighted by Gasteiger charge is 2.16. The normalized spacial score (nSPS) is 11.4. The van der Waals surface area contributed by atoms with Crippen molar-refractivity contribution in [3.8, 4) is 44.9 Å². The molecule has 7 aromatic carbocycles. The van der Waals surface area contributed by atoms with E-state index in [2.05, 4.69) is 157 Å². The van der Waals surface area contributed by atoms with E-state index in [4.69, 9.17) is 19.4 Å². The van der Waals surface area contributed by atoms with E-state index in [0.717, 1.165) is 83.7 Å². The lowest BCUT2D eigenvalue weighted by Crippen LogP contribution is -2.09. The zero-order valence-electron chi connectivity index (χ0n) is 31.3. The fraction of sp³-hybridized carbons (Fsp3) is 0. The average molecular weight is 743 g/mol. The van der Waals surface area contributed by atoms with E-state index < -0.39 is 0 Å². The Morgan fingerprint density at radius 1 is 0.379 bits per heavy atom. The molecule has 0 unspecified atom stereocenters. The first-order chi connectivity index (χ1) is 28.7. The van der Waals surface area contributed by atoms with Gasteiger partial charge in [-0.25, -0.2) is 4.98 Å². The molecule has 4 heterocycles. The summed E-state index contributed by atoms with van der Waals surface area (Å²) >= 11 is 0. The van der Waals surface area contributed by atoms with Crippen LogP contribution in [0.1, 0.15) is 0 Å². The van der Waals surface area contributed by atoms with Gasteiger partial charge in [0.2, 0.25) is 0 Å². The molecule has 0 aliphatic carbocycles. The van der Waals surface area contributed by atoms with Crippen molar-refractivity contribution in [3.63, 3.8) is 0 Å². The maximum Gasteiger partial charge on any atom is 0.153 e. The van der Waals surface area contributed by atoms with Gasteiger partial charge in [-0.15, -0.1) is 0 Å². The molecular weight excluding hydrogens is 709 g/mol. The third-order valence-electron chi connectivity index (χ3n) is 11.0. The predicted octanol–water partition coefficient (Wildman–Crippen LogP) is 14.2. The summed E-state index contributed by atoms with van der Waals surface area (Å²) in [7, 11) is 0. The topological polar surface area (TPSA) is 55.1 Å². The first-order valence-electron chi connectivity index (χ1n) is 19.4. The number of hydrogen-bond donors (Lipinski definition) is 0. The van der Waals surface area contributed by atoms with Crippen LogP contribution in [0.5, 0.6) is 0 Å². The molecule has 0 spiro atoms. The Balaban J connectivity index is 0.979. The molecule has 58 heavy (non-hydrogen) atoms. The fourth-order valence-corrected chi connectivity index (χ4v) is 8.00. The number of anilines is 3. The first kappa shape index (κ1) is 33.4. The van der Waals surface area contributed by atoms with E-state index in [-0.39, 0.29) is 0 Å². The molecule has 0 radical (unpaired) electrons. The van der Waals surface area contributed by atoms with Crippen LogP contribution in [0, 0.1) is 0 Å². The number of fused-ring (bicyclic) bond motifs is 5. The van der Waals surface area contributed by atoms with Crippen molar-refractivity contribution >= 4 is 60.7 Å². The SMILES string of the molecule is c1ccc(-c2nc(-c3ccc(N(c4ccc(-c5ccc6ccccc6c5)cc4)c4ccc(-c5cc6c(cn5)oc5ccccc56)cc4)cc3)cc3cccnc23)cc1. The maximum atomic E-state index is 6.05. The molecule has 5 heteroatoms. The molecule has 5 nitrogen and oxygen atoms in total. The number of para-hydroxylation sites is 1. The summed E-state index contributed by atoms with van der Waals surface area (Å²) in [6.07, 6.45) is 3.66. The highest BCUT2D eigenvalue weighted by molar-refractivity contribution is 6.05. The predicted molar refractivity (Wildman–Crippen MR) is 239 cm³/mol. The van der Waals surface area contributed by atoms with Gasteiger partial charge in [0.1, 0.15) is 5.58 Å². The van der Waals surface area contributed by atoms with Crippen molar-refractivity contribution in [3.05, 3.63) is 207 Å². The van der Waals surface area contributed by atoms with Crippen LogP contribution >= 0.6 is 0 Å². The molecule has 0 bridgehead atoms. The zero-order valence-corrected chi connectivity index (χ0v) is 31.3. The number of pyridine rings is 3.